The Balaban J connectivity index is 1.58. The first kappa shape index (κ1) is 28.6. The van der Waals surface area contributed by atoms with Crippen LogP contribution in [0.4, 0.5) is 18.9 Å². The van der Waals surface area contributed by atoms with Crippen molar-refractivity contribution in [3.05, 3.63) is 83.9 Å². The molecule has 3 N–H and O–H groups in total. The Labute approximate surface area is 219 Å². The predicted molar refractivity (Wildman–Crippen MR) is 140 cm³/mol. The number of ether oxygens (including phenoxy) is 1. The number of hydrogen-bond donors (Lipinski definition) is 3. The van der Waals surface area contributed by atoms with E-state index in [9.17, 15) is 22.8 Å². The minimum Gasteiger partial charge on any atom is -0.491 e. The minimum absolute atomic E-state index is 0.0233. The van der Waals surface area contributed by atoms with E-state index < -0.39 is 17.7 Å². The van der Waals surface area contributed by atoms with E-state index in [1.807, 2.05) is 12.1 Å². The van der Waals surface area contributed by atoms with Crippen LogP contribution in [0.5, 0.6) is 5.75 Å². The van der Waals surface area contributed by atoms with Crippen molar-refractivity contribution in [3.63, 3.8) is 0 Å². The molecule has 0 saturated carbocycles. The second kappa shape index (κ2) is 13.0. The molecular weight excluding hydrogens is 497 g/mol. The van der Waals surface area contributed by atoms with E-state index in [2.05, 4.69) is 24.5 Å². The normalized spacial score (nSPS) is 12.9. The monoisotopic (exact) mass is 528 g/mol. The lowest BCUT2D eigenvalue weighted by Gasteiger charge is -2.25. The summed E-state index contributed by atoms with van der Waals surface area (Å²) in [4.78, 5) is 22.8. The van der Waals surface area contributed by atoms with Gasteiger partial charge < -0.3 is 20.5 Å². The number of hydrogen-bond acceptors (Lipinski definition) is 4. The quantitative estimate of drug-likeness (QED) is 0.250. The van der Waals surface area contributed by atoms with Crippen molar-refractivity contribution in [1.29, 1.82) is 0 Å². The fourth-order valence-corrected chi connectivity index (χ4v) is 3.73. The highest BCUT2D eigenvalue weighted by Gasteiger charge is 2.30. The molecule has 0 saturated heterocycles. The lowest BCUT2D eigenvalue weighted by atomic mass is 9.99. The Morgan fingerprint density at radius 3 is 2.03 bits per heavy atom. The van der Waals surface area contributed by atoms with E-state index in [0.717, 1.165) is 29.8 Å². The topological polar surface area (TPSA) is 87.7 Å². The molecule has 0 aliphatic heterocycles. The summed E-state index contributed by atoms with van der Waals surface area (Å²) in [5, 5.41) is 14.7. The lowest BCUT2D eigenvalue weighted by Crippen LogP contribution is -2.33. The molecular formula is C29H31F3N2O4. The summed E-state index contributed by atoms with van der Waals surface area (Å²) >= 11 is 0. The number of aliphatic carboxylic acids is 1. The zero-order valence-electron chi connectivity index (χ0n) is 21.2. The van der Waals surface area contributed by atoms with Gasteiger partial charge in [0.2, 0.25) is 0 Å². The fraction of sp³-hybridized carbons (Fsp3) is 0.310. The zero-order chi connectivity index (χ0) is 27.7. The second-order valence-corrected chi connectivity index (χ2v) is 9.02. The third kappa shape index (κ3) is 8.26. The number of carbonyl (C=O) groups excluding carboxylic acids is 1. The molecule has 3 aromatic carbocycles. The molecule has 0 aromatic heterocycles. The molecule has 202 valence electrons. The molecule has 6 nitrogen and oxygen atoms in total. The summed E-state index contributed by atoms with van der Waals surface area (Å²) in [5.41, 5.74) is 2.04. The van der Waals surface area contributed by atoms with Crippen LogP contribution in [-0.2, 0) is 11.0 Å². The number of halogens is 3. The van der Waals surface area contributed by atoms with Crippen LogP contribution in [0.25, 0.3) is 11.1 Å². The minimum atomic E-state index is -4.36. The highest BCUT2D eigenvalue weighted by atomic mass is 19.4. The number of carboxylic acids is 1. The molecule has 0 fully saturated rings. The average molecular weight is 529 g/mol. The number of benzene rings is 3. The van der Waals surface area contributed by atoms with Crippen LogP contribution in [0.15, 0.2) is 72.8 Å². The maximum Gasteiger partial charge on any atom is 0.416 e. The number of alkyl halides is 3. The molecule has 9 heteroatoms. The van der Waals surface area contributed by atoms with Gasteiger partial charge in [-0.3, -0.25) is 9.59 Å². The van der Waals surface area contributed by atoms with Crippen LogP contribution in [0.2, 0.25) is 0 Å². The lowest BCUT2D eigenvalue weighted by molar-refractivity contribution is -0.138. The third-order valence-corrected chi connectivity index (χ3v) is 6.28. The molecule has 2 atom stereocenters. The first-order valence-electron chi connectivity index (χ1n) is 12.3. The highest BCUT2D eigenvalue weighted by molar-refractivity contribution is 5.94. The molecule has 3 rings (SSSR count). The first-order valence-corrected chi connectivity index (χ1v) is 12.3. The number of amides is 1. The summed E-state index contributed by atoms with van der Waals surface area (Å²) in [6, 6.07) is 19.1. The van der Waals surface area contributed by atoms with Crippen molar-refractivity contribution in [2.75, 3.05) is 18.5 Å². The van der Waals surface area contributed by atoms with Crippen LogP contribution >= 0.6 is 0 Å². The van der Waals surface area contributed by atoms with Gasteiger partial charge in [0.15, 0.2) is 0 Å². The van der Waals surface area contributed by atoms with Gasteiger partial charge in [0.05, 0.1) is 18.0 Å². The summed E-state index contributed by atoms with van der Waals surface area (Å²) < 4.78 is 44.4. The SMILES string of the molecule is CCC(C)C(COc1ccc(-c2ccc(C(F)(F)F)cc2)cc1)Nc1ccc(C(=O)NCCC(=O)O)cc1. The van der Waals surface area contributed by atoms with Gasteiger partial charge in [-0.1, -0.05) is 44.5 Å². The largest absolute Gasteiger partial charge is 0.491 e. The van der Waals surface area contributed by atoms with Gasteiger partial charge in [0.1, 0.15) is 12.4 Å². The van der Waals surface area contributed by atoms with Crippen molar-refractivity contribution < 1.29 is 32.6 Å². The Morgan fingerprint density at radius 2 is 1.50 bits per heavy atom. The van der Waals surface area contributed by atoms with Crippen LogP contribution < -0.4 is 15.4 Å². The summed E-state index contributed by atoms with van der Waals surface area (Å²) in [5.74, 6) is -0.387. The van der Waals surface area contributed by atoms with Gasteiger partial charge in [-0.05, 0) is 65.6 Å². The van der Waals surface area contributed by atoms with Gasteiger partial charge in [0.25, 0.3) is 5.91 Å². The molecule has 1 amide bonds. The zero-order valence-corrected chi connectivity index (χ0v) is 21.2. The molecule has 0 radical (unpaired) electrons. The van der Waals surface area contributed by atoms with Crippen LogP contribution in [-0.4, -0.2) is 36.2 Å². The Morgan fingerprint density at radius 1 is 0.921 bits per heavy atom. The summed E-state index contributed by atoms with van der Waals surface area (Å²) in [6.07, 6.45) is -3.59. The number of anilines is 1. The van der Waals surface area contributed by atoms with Gasteiger partial charge in [-0.25, -0.2) is 0 Å². The average Bonchev–Trinajstić information content (AvgIpc) is 2.90. The Kier molecular flexibility index (Phi) is 9.76. The number of carboxylic acid groups (broad SMARTS) is 1. The van der Waals surface area contributed by atoms with Crippen LogP contribution in [0.1, 0.15) is 42.6 Å². The fourth-order valence-electron chi connectivity index (χ4n) is 3.73. The summed E-state index contributed by atoms with van der Waals surface area (Å²) in [6.45, 7) is 4.64. The van der Waals surface area contributed by atoms with E-state index in [4.69, 9.17) is 9.84 Å². The van der Waals surface area contributed by atoms with E-state index >= 15 is 0 Å². The highest BCUT2D eigenvalue weighted by Crippen LogP contribution is 2.31. The van der Waals surface area contributed by atoms with Crippen molar-refractivity contribution >= 4 is 17.6 Å². The third-order valence-electron chi connectivity index (χ3n) is 6.28. The van der Waals surface area contributed by atoms with Crippen LogP contribution in [0.3, 0.4) is 0 Å². The molecule has 0 spiro atoms. The van der Waals surface area contributed by atoms with Crippen molar-refractivity contribution in [2.24, 2.45) is 5.92 Å². The maximum atomic E-state index is 12.8. The van der Waals surface area contributed by atoms with Gasteiger partial charge >= 0.3 is 12.1 Å². The Hall–Kier alpha value is -4.01. The van der Waals surface area contributed by atoms with E-state index in [1.54, 1.807) is 36.4 Å². The number of nitrogens with one attached hydrogen (secondary N) is 2. The predicted octanol–water partition coefficient (Wildman–Crippen LogP) is 6.48. The van der Waals surface area contributed by atoms with E-state index in [1.165, 1.54) is 12.1 Å². The van der Waals surface area contributed by atoms with E-state index in [0.29, 0.717) is 23.5 Å². The van der Waals surface area contributed by atoms with Crippen molar-refractivity contribution in [2.45, 2.75) is 38.9 Å². The number of carbonyl (C=O) groups is 2. The van der Waals surface area contributed by atoms with E-state index in [-0.39, 0.29) is 30.8 Å². The van der Waals surface area contributed by atoms with Crippen molar-refractivity contribution in [1.82, 2.24) is 5.32 Å². The molecule has 0 aliphatic rings. The standard InChI is InChI=1S/C29H31F3N2O4/c1-3-19(2)26(34-24-12-6-22(7-13-24)28(37)33-17-16-27(35)36)18-38-25-14-8-21(9-15-25)20-4-10-23(11-5-20)29(30,31)32/h4-15,19,26,34H,3,16-18H2,1-2H3,(H,33,37)(H,35,36). The second-order valence-electron chi connectivity index (χ2n) is 9.02. The van der Waals surface area contributed by atoms with Gasteiger partial charge in [-0.15, -0.1) is 0 Å². The number of rotatable bonds is 12. The smallest absolute Gasteiger partial charge is 0.416 e. The van der Waals surface area contributed by atoms with Crippen LogP contribution in [0, 0.1) is 5.92 Å². The molecule has 2 unspecified atom stereocenters. The molecule has 3 aromatic rings. The maximum absolute atomic E-state index is 12.8. The first-order chi connectivity index (χ1) is 18.1. The molecule has 38 heavy (non-hydrogen) atoms. The molecule has 0 heterocycles. The van der Waals surface area contributed by atoms with Crippen molar-refractivity contribution in [3.8, 4) is 16.9 Å². The molecule has 0 bridgehead atoms. The Bertz CT molecular complexity index is 1190. The summed E-state index contributed by atoms with van der Waals surface area (Å²) in [7, 11) is 0. The van der Waals surface area contributed by atoms with Gasteiger partial charge in [-0.2, -0.15) is 13.2 Å². The molecule has 0 aliphatic carbocycles. The van der Waals surface area contributed by atoms with Gasteiger partial charge in [0, 0.05) is 17.8 Å².